The molecule has 3 rings (SSSR count). The zero-order valence-corrected chi connectivity index (χ0v) is 12.6. The van der Waals surface area contributed by atoms with Crippen LogP contribution in [-0.4, -0.2) is 64.6 Å². The van der Waals surface area contributed by atoms with Crippen molar-refractivity contribution in [3.63, 3.8) is 0 Å². The third-order valence-corrected chi connectivity index (χ3v) is 4.02. The number of hydrogen-bond acceptors (Lipinski definition) is 8. The molecule has 2 aliphatic heterocycles. The Bertz CT molecular complexity index is 618. The largest absolute Gasteiger partial charge is 0.378 e. The lowest BCUT2D eigenvalue weighted by Gasteiger charge is -2.33. The predicted octanol–water partition coefficient (Wildman–Crippen LogP) is -0.205. The Balaban J connectivity index is 1.72. The Morgan fingerprint density at radius 2 is 2.13 bits per heavy atom. The molecule has 0 saturated carbocycles. The van der Waals surface area contributed by atoms with Crippen LogP contribution in [0.5, 0.6) is 0 Å². The van der Waals surface area contributed by atoms with Crippen LogP contribution in [0, 0.1) is 10.1 Å². The number of rotatable bonds is 3. The van der Waals surface area contributed by atoms with E-state index in [1.165, 1.54) is 0 Å². The normalized spacial score (nSPS) is 21.5. The van der Waals surface area contributed by atoms with Crippen molar-refractivity contribution in [1.82, 2.24) is 14.9 Å². The van der Waals surface area contributed by atoms with Gasteiger partial charge < -0.3 is 20.3 Å². The number of hydrogen-bond donors (Lipinski definition) is 1. The average Bonchev–Trinajstić information content (AvgIpc) is 3.08. The lowest BCUT2D eigenvalue weighted by Crippen LogP contribution is -2.51. The van der Waals surface area contributed by atoms with Crippen molar-refractivity contribution in [3.8, 4) is 0 Å². The number of nitrogens with zero attached hydrogens (tertiary/aromatic N) is 5. The zero-order chi connectivity index (χ0) is 16.4. The maximum absolute atomic E-state index is 12.4. The molecule has 23 heavy (non-hydrogen) atoms. The predicted molar refractivity (Wildman–Crippen MR) is 80.9 cm³/mol. The van der Waals surface area contributed by atoms with Crippen molar-refractivity contribution in [2.24, 2.45) is 0 Å². The fraction of sp³-hybridized carbons (Fsp3) is 0.615. The molecule has 0 aliphatic carbocycles. The molecule has 2 N–H and O–H groups in total. The second-order valence-electron chi connectivity index (χ2n) is 5.54. The summed E-state index contributed by atoms with van der Waals surface area (Å²) in [5.41, 5.74) is 5.27. The fourth-order valence-electron chi connectivity index (χ4n) is 2.79. The summed E-state index contributed by atoms with van der Waals surface area (Å²) < 4.78 is 5.57. The first-order valence-corrected chi connectivity index (χ1v) is 7.48. The molecule has 3 heterocycles. The molecule has 1 aromatic rings. The number of nitrogens with two attached hydrogens (primary N) is 1. The summed E-state index contributed by atoms with van der Waals surface area (Å²) in [5.74, 6) is 0.0617. The van der Waals surface area contributed by atoms with E-state index in [9.17, 15) is 14.9 Å². The molecule has 0 bridgehead atoms. The Morgan fingerprint density at radius 1 is 1.39 bits per heavy atom. The maximum Gasteiger partial charge on any atom is 0.329 e. The first-order chi connectivity index (χ1) is 11.1. The van der Waals surface area contributed by atoms with E-state index in [-0.39, 0.29) is 23.4 Å². The minimum atomic E-state index is -0.627. The maximum atomic E-state index is 12.4. The fourth-order valence-corrected chi connectivity index (χ4v) is 2.79. The third-order valence-electron chi connectivity index (χ3n) is 4.02. The van der Waals surface area contributed by atoms with Crippen molar-refractivity contribution in [1.29, 1.82) is 0 Å². The second-order valence-corrected chi connectivity index (χ2v) is 5.54. The summed E-state index contributed by atoms with van der Waals surface area (Å²) in [5, 5.41) is 10.8. The molecular weight excluding hydrogens is 304 g/mol. The zero-order valence-electron chi connectivity index (χ0n) is 12.6. The van der Waals surface area contributed by atoms with Crippen molar-refractivity contribution < 1.29 is 14.5 Å². The molecule has 0 radical (unpaired) electrons. The number of ether oxygens (including phenoxy) is 1. The molecule has 2 saturated heterocycles. The van der Waals surface area contributed by atoms with Gasteiger partial charge in [-0.25, -0.2) is 4.98 Å². The molecule has 10 nitrogen and oxygen atoms in total. The first-order valence-electron chi connectivity index (χ1n) is 7.48. The van der Waals surface area contributed by atoms with E-state index in [0.29, 0.717) is 19.7 Å². The molecule has 10 heteroatoms. The summed E-state index contributed by atoms with van der Waals surface area (Å²) >= 11 is 0. The number of nitrogen functional groups attached to an aromatic ring is 1. The Kier molecular flexibility index (Phi) is 4.24. The van der Waals surface area contributed by atoms with Gasteiger partial charge in [-0.3, -0.25) is 14.9 Å². The Hall–Kier alpha value is -2.49. The van der Waals surface area contributed by atoms with Gasteiger partial charge in [0.25, 0.3) is 5.91 Å². The highest BCUT2D eigenvalue weighted by Gasteiger charge is 2.32. The molecule has 1 atom stereocenters. The van der Waals surface area contributed by atoms with Gasteiger partial charge in [0.15, 0.2) is 6.10 Å². The van der Waals surface area contributed by atoms with E-state index in [4.69, 9.17) is 10.5 Å². The van der Waals surface area contributed by atoms with E-state index >= 15 is 0 Å². The van der Waals surface area contributed by atoms with Crippen LogP contribution in [0.2, 0.25) is 0 Å². The van der Waals surface area contributed by atoms with E-state index in [1.54, 1.807) is 9.80 Å². The number of carbonyl (C=O) groups is 1. The average molecular weight is 322 g/mol. The number of anilines is 2. The molecule has 1 amide bonds. The Labute approximate surface area is 132 Å². The van der Waals surface area contributed by atoms with Gasteiger partial charge in [-0.1, -0.05) is 0 Å². The number of nitro groups is 1. The van der Waals surface area contributed by atoms with Crippen molar-refractivity contribution in [3.05, 3.63) is 16.3 Å². The summed E-state index contributed by atoms with van der Waals surface area (Å²) in [6.07, 6.45) is 2.56. The summed E-state index contributed by atoms with van der Waals surface area (Å²) in [6, 6.07) is 0. The van der Waals surface area contributed by atoms with Crippen LogP contribution in [0.1, 0.15) is 12.8 Å². The summed E-state index contributed by atoms with van der Waals surface area (Å²) in [4.78, 5) is 34.1. The van der Waals surface area contributed by atoms with E-state index in [2.05, 4.69) is 9.97 Å². The number of likely N-dealkylation sites (tertiary alicyclic amines) is 1. The smallest absolute Gasteiger partial charge is 0.329 e. The Morgan fingerprint density at radius 3 is 2.78 bits per heavy atom. The van der Waals surface area contributed by atoms with Gasteiger partial charge in [0, 0.05) is 19.6 Å². The van der Waals surface area contributed by atoms with Crippen LogP contribution in [0.4, 0.5) is 17.5 Å². The highest BCUT2D eigenvalue weighted by atomic mass is 16.6. The number of amides is 1. The monoisotopic (exact) mass is 322 g/mol. The van der Waals surface area contributed by atoms with Crippen molar-refractivity contribution >= 4 is 23.4 Å². The minimum Gasteiger partial charge on any atom is -0.378 e. The van der Waals surface area contributed by atoms with Crippen molar-refractivity contribution in [2.45, 2.75) is 18.9 Å². The van der Waals surface area contributed by atoms with Crippen LogP contribution in [0.15, 0.2) is 6.20 Å². The van der Waals surface area contributed by atoms with Gasteiger partial charge in [-0.2, -0.15) is 4.98 Å². The van der Waals surface area contributed by atoms with Crippen LogP contribution in [0.3, 0.4) is 0 Å². The number of aromatic nitrogens is 2. The number of carbonyl (C=O) groups excluding carboxylic acids is 1. The molecule has 0 unspecified atom stereocenters. The van der Waals surface area contributed by atoms with Crippen LogP contribution in [-0.2, 0) is 9.53 Å². The van der Waals surface area contributed by atoms with Gasteiger partial charge in [0.05, 0.1) is 18.1 Å². The van der Waals surface area contributed by atoms with E-state index < -0.39 is 11.0 Å². The van der Waals surface area contributed by atoms with Crippen molar-refractivity contribution in [2.75, 3.05) is 43.4 Å². The highest BCUT2D eigenvalue weighted by molar-refractivity contribution is 5.82. The summed E-state index contributed by atoms with van der Waals surface area (Å²) in [6.45, 7) is 2.71. The van der Waals surface area contributed by atoms with Gasteiger partial charge in [-0.15, -0.1) is 0 Å². The minimum absolute atomic E-state index is 0.0258. The molecule has 0 spiro atoms. The standard InChI is InChI=1S/C13H18N6O4/c14-11-9(19(21)22)7-15-13(16-11)18-5-6-23-10(8-18)12(20)17-3-1-2-4-17/h7,10H,1-6,8H2,(H2,14,15,16)/t10-/m1/s1. The molecule has 124 valence electrons. The highest BCUT2D eigenvalue weighted by Crippen LogP contribution is 2.22. The molecule has 2 aliphatic rings. The summed E-state index contributed by atoms with van der Waals surface area (Å²) in [7, 11) is 0. The molecule has 0 aromatic carbocycles. The molecule has 2 fully saturated rings. The quantitative estimate of drug-likeness (QED) is 0.598. The first kappa shape index (κ1) is 15.4. The lowest BCUT2D eigenvalue weighted by molar-refractivity contribution is -0.384. The lowest BCUT2D eigenvalue weighted by atomic mass is 10.2. The van der Waals surface area contributed by atoms with Crippen LogP contribution < -0.4 is 10.6 Å². The third kappa shape index (κ3) is 3.16. The van der Waals surface area contributed by atoms with Crippen LogP contribution >= 0.6 is 0 Å². The van der Waals surface area contributed by atoms with Gasteiger partial charge in [0.1, 0.15) is 6.20 Å². The van der Waals surface area contributed by atoms with Crippen LogP contribution in [0.25, 0.3) is 0 Å². The van der Waals surface area contributed by atoms with E-state index in [1.807, 2.05) is 0 Å². The SMILES string of the molecule is Nc1nc(N2CCO[C@@H](C(=O)N3CCCC3)C2)ncc1[N+](=O)[O-]. The second kappa shape index (κ2) is 6.32. The van der Waals surface area contributed by atoms with Gasteiger partial charge in [-0.05, 0) is 12.8 Å². The van der Waals surface area contributed by atoms with Gasteiger partial charge in [0.2, 0.25) is 11.8 Å². The van der Waals surface area contributed by atoms with E-state index in [0.717, 1.165) is 32.1 Å². The van der Waals surface area contributed by atoms with Gasteiger partial charge >= 0.3 is 5.69 Å². The molecular formula is C13H18N6O4. The molecule has 1 aromatic heterocycles. The topological polar surface area (TPSA) is 128 Å². The number of morpholine rings is 1.